The van der Waals surface area contributed by atoms with Crippen LogP contribution >= 0.6 is 11.8 Å². The predicted molar refractivity (Wildman–Crippen MR) is 69.8 cm³/mol. The van der Waals surface area contributed by atoms with Crippen molar-refractivity contribution in [3.8, 4) is 0 Å². The molecule has 0 aliphatic carbocycles. The number of thioether (sulfide) groups is 1. The molecule has 0 radical (unpaired) electrons. The van der Waals surface area contributed by atoms with E-state index in [0.717, 1.165) is 13.0 Å². The van der Waals surface area contributed by atoms with Crippen LogP contribution in [-0.4, -0.2) is 12.3 Å². The Balaban J connectivity index is 2.91. The van der Waals surface area contributed by atoms with Crippen LogP contribution in [0.3, 0.4) is 0 Å². The molecule has 102 valence electrons. The maximum absolute atomic E-state index is 12.9. The maximum Gasteiger partial charge on any atom is 0.417 e. The van der Waals surface area contributed by atoms with Gasteiger partial charge in [-0.05, 0) is 36.4 Å². The normalized spacial score (nSPS) is 11.8. The second-order valence-corrected chi connectivity index (χ2v) is 5.24. The van der Waals surface area contributed by atoms with E-state index < -0.39 is 11.7 Å². The lowest BCUT2D eigenvalue weighted by atomic mass is 10.1. The van der Waals surface area contributed by atoms with E-state index in [0.29, 0.717) is 22.8 Å². The molecule has 0 aliphatic rings. The Labute approximate surface area is 110 Å². The van der Waals surface area contributed by atoms with Gasteiger partial charge in [0.2, 0.25) is 0 Å². The van der Waals surface area contributed by atoms with Crippen LogP contribution in [0.5, 0.6) is 0 Å². The van der Waals surface area contributed by atoms with Crippen molar-refractivity contribution in [2.24, 2.45) is 0 Å². The van der Waals surface area contributed by atoms with Crippen molar-refractivity contribution in [1.82, 2.24) is 5.32 Å². The minimum Gasteiger partial charge on any atom is -0.313 e. The highest BCUT2D eigenvalue weighted by Crippen LogP contribution is 2.37. The Kier molecular flexibility index (Phi) is 6.02. The van der Waals surface area contributed by atoms with Gasteiger partial charge in [0.05, 0.1) is 5.56 Å². The molecule has 1 nitrogen and oxygen atoms in total. The van der Waals surface area contributed by atoms with Crippen molar-refractivity contribution in [1.29, 1.82) is 0 Å². The Morgan fingerprint density at radius 3 is 2.50 bits per heavy atom. The molecular formula is C13H18F3NS. The van der Waals surface area contributed by atoms with Gasteiger partial charge in [-0.15, -0.1) is 11.8 Å². The molecule has 1 N–H and O–H groups in total. The molecule has 1 aromatic carbocycles. The Bertz CT molecular complexity index is 377. The predicted octanol–water partition coefficient (Wildman–Crippen LogP) is 4.32. The van der Waals surface area contributed by atoms with Crippen LogP contribution in [0.15, 0.2) is 23.1 Å². The van der Waals surface area contributed by atoms with Crippen molar-refractivity contribution in [3.63, 3.8) is 0 Å². The van der Waals surface area contributed by atoms with Gasteiger partial charge in [0.25, 0.3) is 0 Å². The summed E-state index contributed by atoms with van der Waals surface area (Å²) in [5.74, 6) is 0.635. The largest absolute Gasteiger partial charge is 0.417 e. The van der Waals surface area contributed by atoms with E-state index in [-0.39, 0.29) is 0 Å². The first-order valence-corrected chi connectivity index (χ1v) is 7.01. The minimum absolute atomic E-state index is 0.309. The third-order valence-corrected chi connectivity index (χ3v) is 3.36. The van der Waals surface area contributed by atoms with E-state index in [1.54, 1.807) is 12.1 Å². The summed E-state index contributed by atoms with van der Waals surface area (Å²) in [5.41, 5.74) is 0.154. The number of hydrogen-bond donors (Lipinski definition) is 1. The summed E-state index contributed by atoms with van der Waals surface area (Å²) in [5, 5.41) is 3.11. The topological polar surface area (TPSA) is 12.0 Å². The van der Waals surface area contributed by atoms with E-state index in [1.807, 2.05) is 13.8 Å². The molecule has 18 heavy (non-hydrogen) atoms. The monoisotopic (exact) mass is 277 g/mol. The van der Waals surface area contributed by atoms with Crippen LogP contribution in [0, 0.1) is 0 Å². The highest BCUT2D eigenvalue weighted by molar-refractivity contribution is 7.99. The molecule has 0 aromatic heterocycles. The molecule has 0 saturated heterocycles. The molecule has 1 aromatic rings. The quantitative estimate of drug-likeness (QED) is 0.614. The minimum atomic E-state index is -4.28. The molecule has 5 heteroatoms. The summed E-state index contributed by atoms with van der Waals surface area (Å²) < 4.78 is 38.7. The van der Waals surface area contributed by atoms with Gasteiger partial charge < -0.3 is 5.32 Å². The number of nitrogens with one attached hydrogen (secondary N) is 1. The van der Waals surface area contributed by atoms with Gasteiger partial charge in [-0.3, -0.25) is 0 Å². The summed E-state index contributed by atoms with van der Waals surface area (Å²) >= 11 is 1.23. The number of hydrogen-bond acceptors (Lipinski definition) is 2. The zero-order valence-corrected chi connectivity index (χ0v) is 11.4. The fraction of sp³-hybridized carbons (Fsp3) is 0.538. The molecule has 0 heterocycles. The molecule has 1 rings (SSSR count). The third-order valence-electron chi connectivity index (χ3n) is 2.41. The van der Waals surface area contributed by atoms with Gasteiger partial charge in [-0.25, -0.2) is 0 Å². The molecule has 0 aliphatic heterocycles. The van der Waals surface area contributed by atoms with Gasteiger partial charge in [-0.1, -0.05) is 19.9 Å². The SMILES string of the molecule is CCCNCc1ccc(SCC)c(C(F)(F)F)c1. The van der Waals surface area contributed by atoms with Crippen molar-refractivity contribution in [2.45, 2.75) is 37.9 Å². The van der Waals surface area contributed by atoms with Crippen molar-refractivity contribution < 1.29 is 13.2 Å². The zero-order valence-electron chi connectivity index (χ0n) is 10.6. The second-order valence-electron chi connectivity index (χ2n) is 3.94. The van der Waals surface area contributed by atoms with Crippen LogP contribution in [-0.2, 0) is 12.7 Å². The van der Waals surface area contributed by atoms with Crippen molar-refractivity contribution >= 4 is 11.8 Å². The van der Waals surface area contributed by atoms with E-state index >= 15 is 0 Å². The van der Waals surface area contributed by atoms with Crippen LogP contribution in [0.1, 0.15) is 31.4 Å². The van der Waals surface area contributed by atoms with Crippen molar-refractivity contribution in [3.05, 3.63) is 29.3 Å². The summed E-state index contributed by atoms with van der Waals surface area (Å²) in [6.45, 7) is 5.16. The standard InChI is InChI=1S/C13H18F3NS/c1-3-7-17-9-10-5-6-12(18-4-2)11(8-10)13(14,15)16/h5-6,8,17H,3-4,7,9H2,1-2H3. The molecule has 0 saturated carbocycles. The van der Waals surface area contributed by atoms with Crippen LogP contribution < -0.4 is 5.32 Å². The Morgan fingerprint density at radius 1 is 1.22 bits per heavy atom. The van der Waals surface area contributed by atoms with Crippen LogP contribution in [0.4, 0.5) is 13.2 Å². The lowest BCUT2D eigenvalue weighted by Crippen LogP contribution is -2.15. The highest BCUT2D eigenvalue weighted by atomic mass is 32.2. The lowest BCUT2D eigenvalue weighted by molar-refractivity contribution is -0.139. The van der Waals surface area contributed by atoms with E-state index in [2.05, 4.69) is 5.32 Å². The van der Waals surface area contributed by atoms with Crippen LogP contribution in [0.2, 0.25) is 0 Å². The number of rotatable bonds is 6. The number of alkyl halides is 3. The summed E-state index contributed by atoms with van der Waals surface area (Å²) in [6.07, 6.45) is -3.31. The van der Waals surface area contributed by atoms with E-state index in [1.165, 1.54) is 17.8 Å². The first-order valence-electron chi connectivity index (χ1n) is 6.02. The van der Waals surface area contributed by atoms with Crippen LogP contribution in [0.25, 0.3) is 0 Å². The lowest BCUT2D eigenvalue weighted by Gasteiger charge is -2.14. The summed E-state index contributed by atoms with van der Waals surface area (Å²) in [4.78, 5) is 0.309. The fourth-order valence-corrected chi connectivity index (χ4v) is 2.40. The van der Waals surface area contributed by atoms with E-state index in [9.17, 15) is 13.2 Å². The Hall–Kier alpha value is -0.680. The first kappa shape index (κ1) is 15.4. The highest BCUT2D eigenvalue weighted by Gasteiger charge is 2.33. The van der Waals surface area contributed by atoms with Gasteiger partial charge in [-0.2, -0.15) is 13.2 Å². The molecule has 0 amide bonds. The summed E-state index contributed by atoms with van der Waals surface area (Å²) in [7, 11) is 0. The number of benzene rings is 1. The molecule has 0 spiro atoms. The molecule has 0 bridgehead atoms. The Morgan fingerprint density at radius 2 is 1.94 bits per heavy atom. The van der Waals surface area contributed by atoms with Gasteiger partial charge in [0.1, 0.15) is 0 Å². The van der Waals surface area contributed by atoms with Crippen molar-refractivity contribution in [2.75, 3.05) is 12.3 Å². The van der Waals surface area contributed by atoms with E-state index in [4.69, 9.17) is 0 Å². The maximum atomic E-state index is 12.9. The first-order chi connectivity index (χ1) is 8.49. The average Bonchev–Trinajstić information content (AvgIpc) is 2.30. The molecule has 0 unspecified atom stereocenters. The second kappa shape index (κ2) is 7.04. The molecular weight excluding hydrogens is 259 g/mol. The molecule has 0 atom stereocenters. The average molecular weight is 277 g/mol. The smallest absolute Gasteiger partial charge is 0.313 e. The van der Waals surface area contributed by atoms with Gasteiger partial charge in [0, 0.05) is 11.4 Å². The zero-order chi connectivity index (χ0) is 13.6. The van der Waals surface area contributed by atoms with Gasteiger partial charge in [0.15, 0.2) is 0 Å². The van der Waals surface area contributed by atoms with Gasteiger partial charge >= 0.3 is 6.18 Å². The fourth-order valence-electron chi connectivity index (χ4n) is 1.60. The number of halogens is 3. The molecule has 0 fully saturated rings. The third kappa shape index (κ3) is 4.53. The summed E-state index contributed by atoms with van der Waals surface area (Å²) in [6, 6.07) is 4.58.